The quantitative estimate of drug-likeness (QED) is 0.888. The molecule has 2 bridgehead atoms. The fraction of sp³-hybridized carbons (Fsp3) is 0.524. The summed E-state index contributed by atoms with van der Waals surface area (Å²) in [6.07, 6.45) is 7.49. The molecule has 1 aromatic heterocycles. The average molecular weight is 352 g/mol. The lowest BCUT2D eigenvalue weighted by molar-refractivity contribution is -0.128. The summed E-state index contributed by atoms with van der Waals surface area (Å²) in [5.74, 6) is 1.35. The zero-order valence-corrected chi connectivity index (χ0v) is 15.4. The van der Waals surface area contributed by atoms with Crippen molar-refractivity contribution < 1.29 is 4.79 Å². The highest BCUT2D eigenvalue weighted by atomic mass is 16.1. The zero-order chi connectivity index (χ0) is 18.1. The minimum atomic E-state index is 0.115. The Labute approximate surface area is 155 Å². The third-order valence-electron chi connectivity index (χ3n) is 6.20. The van der Waals surface area contributed by atoms with E-state index in [4.69, 9.17) is 5.73 Å². The maximum absolute atomic E-state index is 12.8. The van der Waals surface area contributed by atoms with Crippen LogP contribution in [0.4, 0.5) is 0 Å². The molecule has 0 saturated heterocycles. The molecule has 2 saturated carbocycles. The van der Waals surface area contributed by atoms with Gasteiger partial charge in [0, 0.05) is 24.7 Å². The summed E-state index contributed by atoms with van der Waals surface area (Å²) >= 11 is 0. The van der Waals surface area contributed by atoms with Crippen LogP contribution in [0, 0.1) is 24.7 Å². The summed E-state index contributed by atoms with van der Waals surface area (Å²) in [6.45, 7) is 2.51. The van der Waals surface area contributed by atoms with Gasteiger partial charge in [-0.1, -0.05) is 24.6 Å². The number of benzene rings is 1. The lowest BCUT2D eigenvalue weighted by Crippen LogP contribution is -2.49. The van der Waals surface area contributed by atoms with E-state index in [1.807, 2.05) is 42.1 Å². The van der Waals surface area contributed by atoms with E-state index in [0.717, 1.165) is 29.8 Å². The summed E-state index contributed by atoms with van der Waals surface area (Å²) < 4.78 is 1.88. The van der Waals surface area contributed by atoms with E-state index in [0.29, 0.717) is 24.4 Å². The van der Waals surface area contributed by atoms with Crippen LogP contribution >= 0.6 is 0 Å². The summed E-state index contributed by atoms with van der Waals surface area (Å²) in [7, 11) is 0. The van der Waals surface area contributed by atoms with Crippen LogP contribution in [0.1, 0.15) is 43.4 Å². The van der Waals surface area contributed by atoms with Crippen LogP contribution in [-0.2, 0) is 11.3 Å². The normalized spacial score (nSPS) is 27.9. The second-order valence-electron chi connectivity index (χ2n) is 7.94. The number of hydrogen-bond acceptors (Lipinski definition) is 3. The molecule has 5 nitrogen and oxygen atoms in total. The molecule has 26 heavy (non-hydrogen) atoms. The second-order valence-corrected chi connectivity index (χ2v) is 7.94. The number of amides is 1. The van der Waals surface area contributed by atoms with Gasteiger partial charge in [-0.3, -0.25) is 4.79 Å². The minimum Gasteiger partial charge on any atom is -0.352 e. The Balaban J connectivity index is 1.42. The van der Waals surface area contributed by atoms with Gasteiger partial charge in [-0.05, 0) is 62.1 Å². The van der Waals surface area contributed by atoms with E-state index in [9.17, 15) is 4.79 Å². The highest BCUT2D eigenvalue weighted by molar-refractivity contribution is 5.79. The molecule has 1 amide bonds. The SMILES string of the molecule is Cc1ccn(-c2ccccc2CNC(=O)C2CC3CCCC(C2)C3N)n1. The van der Waals surface area contributed by atoms with Gasteiger partial charge in [0.25, 0.3) is 0 Å². The minimum absolute atomic E-state index is 0.115. The molecular weight excluding hydrogens is 324 g/mol. The van der Waals surface area contributed by atoms with Gasteiger partial charge < -0.3 is 11.1 Å². The van der Waals surface area contributed by atoms with Gasteiger partial charge in [-0.25, -0.2) is 4.68 Å². The molecule has 4 rings (SSSR count). The topological polar surface area (TPSA) is 72.9 Å². The molecule has 2 aliphatic rings. The van der Waals surface area contributed by atoms with Gasteiger partial charge in [-0.15, -0.1) is 0 Å². The van der Waals surface area contributed by atoms with Crippen molar-refractivity contribution in [3.8, 4) is 5.69 Å². The molecule has 2 aromatic rings. The number of aromatic nitrogens is 2. The number of aryl methyl sites for hydroxylation is 1. The van der Waals surface area contributed by atoms with Crippen molar-refractivity contribution >= 4 is 5.91 Å². The number of carbonyl (C=O) groups is 1. The number of rotatable bonds is 4. The molecule has 2 unspecified atom stereocenters. The van der Waals surface area contributed by atoms with Crippen molar-refractivity contribution in [2.24, 2.45) is 23.5 Å². The van der Waals surface area contributed by atoms with Gasteiger partial charge >= 0.3 is 0 Å². The van der Waals surface area contributed by atoms with Crippen LogP contribution in [0.5, 0.6) is 0 Å². The molecule has 2 fully saturated rings. The first-order valence-corrected chi connectivity index (χ1v) is 9.75. The van der Waals surface area contributed by atoms with E-state index in [1.54, 1.807) is 0 Å². The first-order valence-electron chi connectivity index (χ1n) is 9.75. The number of fused-ring (bicyclic) bond motifs is 2. The first kappa shape index (κ1) is 17.3. The number of hydrogen-bond donors (Lipinski definition) is 2. The third kappa shape index (κ3) is 3.40. The summed E-state index contributed by atoms with van der Waals surface area (Å²) in [5, 5.41) is 7.66. The summed E-state index contributed by atoms with van der Waals surface area (Å²) in [5.41, 5.74) is 9.43. The largest absolute Gasteiger partial charge is 0.352 e. The Morgan fingerprint density at radius 1 is 1.23 bits per heavy atom. The van der Waals surface area contributed by atoms with Gasteiger partial charge in [-0.2, -0.15) is 5.10 Å². The standard InChI is InChI=1S/C21H28N4O/c1-14-9-10-25(24-14)19-8-3-2-5-17(19)13-23-21(26)18-11-15-6-4-7-16(12-18)20(15)22/h2-3,5,8-10,15-16,18,20H,4,6-7,11-13,22H2,1H3,(H,23,26). The Bertz CT molecular complexity index is 770. The van der Waals surface area contributed by atoms with Crippen LogP contribution in [0.25, 0.3) is 5.69 Å². The van der Waals surface area contributed by atoms with Crippen LogP contribution < -0.4 is 11.1 Å². The summed E-state index contributed by atoms with van der Waals surface area (Å²) in [4.78, 5) is 12.8. The van der Waals surface area contributed by atoms with Crippen molar-refractivity contribution in [2.75, 3.05) is 0 Å². The zero-order valence-electron chi connectivity index (χ0n) is 15.4. The molecule has 0 spiro atoms. The molecule has 1 aromatic carbocycles. The Morgan fingerprint density at radius 3 is 2.65 bits per heavy atom. The van der Waals surface area contributed by atoms with E-state index < -0.39 is 0 Å². The van der Waals surface area contributed by atoms with Crippen molar-refractivity contribution in [2.45, 2.75) is 51.6 Å². The van der Waals surface area contributed by atoms with Gasteiger partial charge in [0.2, 0.25) is 5.91 Å². The Kier molecular flexibility index (Phi) is 4.81. The third-order valence-corrected chi connectivity index (χ3v) is 6.20. The smallest absolute Gasteiger partial charge is 0.223 e. The van der Waals surface area contributed by atoms with Crippen LogP contribution in [0.15, 0.2) is 36.5 Å². The molecule has 5 heteroatoms. The lowest BCUT2D eigenvalue weighted by Gasteiger charge is -2.43. The first-order chi connectivity index (χ1) is 12.6. The maximum atomic E-state index is 12.8. The molecule has 3 N–H and O–H groups in total. The van der Waals surface area contributed by atoms with Gasteiger partial charge in [0.05, 0.1) is 11.4 Å². The van der Waals surface area contributed by atoms with Crippen molar-refractivity contribution in [1.29, 1.82) is 0 Å². The molecule has 0 aliphatic heterocycles. The predicted octanol–water partition coefficient (Wildman–Crippen LogP) is 2.95. The molecule has 2 atom stereocenters. The number of nitrogens with one attached hydrogen (secondary N) is 1. The van der Waals surface area contributed by atoms with Crippen LogP contribution in [0.2, 0.25) is 0 Å². The lowest BCUT2D eigenvalue weighted by atomic mass is 9.65. The molecule has 1 heterocycles. The maximum Gasteiger partial charge on any atom is 0.223 e. The number of nitrogens with two attached hydrogens (primary N) is 1. The van der Waals surface area contributed by atoms with E-state index in [1.165, 1.54) is 19.3 Å². The highest BCUT2D eigenvalue weighted by Gasteiger charge is 2.40. The molecule has 2 aliphatic carbocycles. The van der Waals surface area contributed by atoms with Gasteiger partial charge in [0.1, 0.15) is 0 Å². The second kappa shape index (κ2) is 7.23. The highest BCUT2D eigenvalue weighted by Crippen LogP contribution is 2.41. The Hall–Kier alpha value is -2.14. The van der Waals surface area contributed by atoms with Crippen molar-refractivity contribution in [3.63, 3.8) is 0 Å². The number of nitrogens with zero attached hydrogens (tertiary/aromatic N) is 2. The molecular formula is C21H28N4O. The fourth-order valence-electron chi connectivity index (χ4n) is 4.76. The van der Waals surface area contributed by atoms with Crippen LogP contribution in [0.3, 0.4) is 0 Å². The van der Waals surface area contributed by atoms with E-state index >= 15 is 0 Å². The monoisotopic (exact) mass is 352 g/mol. The van der Waals surface area contributed by atoms with Crippen molar-refractivity contribution in [3.05, 3.63) is 47.8 Å². The number of para-hydroxylation sites is 1. The molecule has 0 radical (unpaired) electrons. The molecule has 138 valence electrons. The number of carbonyl (C=O) groups excluding carboxylic acids is 1. The fourth-order valence-corrected chi connectivity index (χ4v) is 4.76. The van der Waals surface area contributed by atoms with Crippen molar-refractivity contribution in [1.82, 2.24) is 15.1 Å². The van der Waals surface area contributed by atoms with Crippen LogP contribution in [-0.4, -0.2) is 21.7 Å². The van der Waals surface area contributed by atoms with E-state index in [-0.39, 0.29) is 11.8 Å². The summed E-state index contributed by atoms with van der Waals surface area (Å²) in [6, 6.07) is 10.4. The van der Waals surface area contributed by atoms with Gasteiger partial charge in [0.15, 0.2) is 0 Å². The predicted molar refractivity (Wildman–Crippen MR) is 102 cm³/mol. The van der Waals surface area contributed by atoms with E-state index in [2.05, 4.69) is 16.5 Å². The average Bonchev–Trinajstić information content (AvgIpc) is 3.06. The Morgan fingerprint density at radius 2 is 1.96 bits per heavy atom.